The van der Waals surface area contributed by atoms with Crippen LogP contribution in [0.1, 0.15) is 46.5 Å². The fourth-order valence-electron chi connectivity index (χ4n) is 3.38. The van der Waals surface area contributed by atoms with Gasteiger partial charge < -0.3 is 5.73 Å². The number of hydrogen-bond acceptors (Lipinski definition) is 3. The van der Waals surface area contributed by atoms with Crippen LogP contribution in [0.5, 0.6) is 0 Å². The van der Waals surface area contributed by atoms with Gasteiger partial charge in [-0.2, -0.15) is 0 Å². The molecule has 1 aliphatic carbocycles. The molecule has 2 amide bonds. The smallest absolute Gasteiger partial charge is 0.233 e. The number of nitrogens with zero attached hydrogens (tertiary/aromatic N) is 1. The van der Waals surface area contributed by atoms with Gasteiger partial charge in [0.2, 0.25) is 11.8 Å². The van der Waals surface area contributed by atoms with Gasteiger partial charge in [0.1, 0.15) is 0 Å². The van der Waals surface area contributed by atoms with E-state index in [1.807, 2.05) is 0 Å². The molecular weight excluding hydrogens is 240 g/mol. The number of carbonyl (C=O) groups excluding carboxylic acids is 2. The molecule has 0 bridgehead atoms. The molecule has 108 valence electrons. The molecule has 2 fully saturated rings. The second-order valence-electron chi connectivity index (χ2n) is 7.09. The van der Waals surface area contributed by atoms with E-state index in [1.54, 1.807) is 0 Å². The summed E-state index contributed by atoms with van der Waals surface area (Å²) in [5, 5.41) is 0. The first kappa shape index (κ1) is 14.5. The Labute approximate surface area is 115 Å². The molecule has 1 heterocycles. The molecule has 0 aromatic carbocycles. The molecule has 2 unspecified atom stereocenters. The number of carbonyl (C=O) groups is 2. The second kappa shape index (κ2) is 5.23. The third kappa shape index (κ3) is 2.83. The SMILES string of the molecule is CC1CC2C(=O)N(CCCC(C)(C)CN)C(=O)C2C1. The molecule has 4 nitrogen and oxygen atoms in total. The summed E-state index contributed by atoms with van der Waals surface area (Å²) < 4.78 is 0. The van der Waals surface area contributed by atoms with E-state index in [-0.39, 0.29) is 29.1 Å². The lowest BCUT2D eigenvalue weighted by molar-refractivity contribution is -0.140. The molecule has 1 saturated heterocycles. The Morgan fingerprint density at radius 2 is 1.74 bits per heavy atom. The van der Waals surface area contributed by atoms with Crippen molar-refractivity contribution in [1.82, 2.24) is 4.90 Å². The van der Waals surface area contributed by atoms with E-state index in [0.717, 1.165) is 25.7 Å². The Morgan fingerprint density at radius 1 is 1.21 bits per heavy atom. The highest BCUT2D eigenvalue weighted by atomic mass is 16.2. The number of rotatable bonds is 5. The van der Waals surface area contributed by atoms with Crippen LogP contribution in [0.4, 0.5) is 0 Å². The quantitative estimate of drug-likeness (QED) is 0.772. The van der Waals surface area contributed by atoms with Crippen molar-refractivity contribution >= 4 is 11.8 Å². The number of likely N-dealkylation sites (tertiary alicyclic amines) is 1. The van der Waals surface area contributed by atoms with Gasteiger partial charge in [-0.15, -0.1) is 0 Å². The van der Waals surface area contributed by atoms with Crippen LogP contribution in [0.3, 0.4) is 0 Å². The summed E-state index contributed by atoms with van der Waals surface area (Å²) in [5.74, 6) is 0.617. The summed E-state index contributed by atoms with van der Waals surface area (Å²) in [6, 6.07) is 0. The molecule has 1 aliphatic heterocycles. The number of fused-ring (bicyclic) bond motifs is 1. The summed E-state index contributed by atoms with van der Waals surface area (Å²) in [6.45, 7) is 7.58. The predicted octanol–water partition coefficient (Wildman–Crippen LogP) is 1.78. The van der Waals surface area contributed by atoms with Crippen LogP contribution >= 0.6 is 0 Å². The Hall–Kier alpha value is -0.900. The van der Waals surface area contributed by atoms with Crippen LogP contribution in [0, 0.1) is 23.2 Å². The normalized spacial score (nSPS) is 31.2. The van der Waals surface area contributed by atoms with E-state index in [1.165, 1.54) is 4.90 Å². The van der Waals surface area contributed by atoms with Crippen molar-refractivity contribution in [3.8, 4) is 0 Å². The molecule has 2 atom stereocenters. The third-order valence-electron chi connectivity index (χ3n) is 4.75. The maximum Gasteiger partial charge on any atom is 0.233 e. The highest BCUT2D eigenvalue weighted by Crippen LogP contribution is 2.42. The Morgan fingerprint density at radius 3 is 2.21 bits per heavy atom. The van der Waals surface area contributed by atoms with Gasteiger partial charge in [0, 0.05) is 6.54 Å². The highest BCUT2D eigenvalue weighted by molar-refractivity contribution is 6.05. The molecular formula is C15H26N2O2. The zero-order valence-electron chi connectivity index (χ0n) is 12.3. The number of amides is 2. The predicted molar refractivity (Wildman–Crippen MR) is 74.2 cm³/mol. The molecule has 0 aromatic heterocycles. The van der Waals surface area contributed by atoms with Crippen molar-refractivity contribution in [3.05, 3.63) is 0 Å². The van der Waals surface area contributed by atoms with Crippen LogP contribution in [0.25, 0.3) is 0 Å². The van der Waals surface area contributed by atoms with E-state index in [4.69, 9.17) is 5.73 Å². The van der Waals surface area contributed by atoms with Crippen LogP contribution in [-0.4, -0.2) is 29.8 Å². The minimum atomic E-state index is -0.0231. The van der Waals surface area contributed by atoms with Gasteiger partial charge in [0.25, 0.3) is 0 Å². The Bertz CT molecular complexity index is 354. The molecule has 2 N–H and O–H groups in total. The lowest BCUT2D eigenvalue weighted by atomic mass is 9.88. The lowest BCUT2D eigenvalue weighted by Gasteiger charge is -2.24. The first-order chi connectivity index (χ1) is 8.85. The number of nitrogens with two attached hydrogens (primary N) is 1. The van der Waals surface area contributed by atoms with E-state index in [2.05, 4.69) is 20.8 Å². The zero-order valence-corrected chi connectivity index (χ0v) is 12.3. The van der Waals surface area contributed by atoms with E-state index in [9.17, 15) is 9.59 Å². The van der Waals surface area contributed by atoms with Crippen LogP contribution in [0.15, 0.2) is 0 Å². The van der Waals surface area contributed by atoms with Crippen LogP contribution in [-0.2, 0) is 9.59 Å². The van der Waals surface area contributed by atoms with E-state index in [0.29, 0.717) is 19.0 Å². The third-order valence-corrected chi connectivity index (χ3v) is 4.75. The van der Waals surface area contributed by atoms with Crippen molar-refractivity contribution in [2.45, 2.75) is 46.5 Å². The zero-order chi connectivity index (χ0) is 14.2. The largest absolute Gasteiger partial charge is 0.330 e. The Balaban J connectivity index is 1.89. The molecule has 1 saturated carbocycles. The van der Waals surface area contributed by atoms with Crippen molar-refractivity contribution in [3.63, 3.8) is 0 Å². The molecule has 0 spiro atoms. The summed E-state index contributed by atoms with van der Waals surface area (Å²) in [6.07, 6.45) is 3.59. The summed E-state index contributed by atoms with van der Waals surface area (Å²) in [7, 11) is 0. The average Bonchev–Trinajstić information content (AvgIpc) is 2.83. The minimum Gasteiger partial charge on any atom is -0.330 e. The van der Waals surface area contributed by atoms with Crippen molar-refractivity contribution in [2.75, 3.05) is 13.1 Å². The molecule has 0 radical (unpaired) electrons. The summed E-state index contributed by atoms with van der Waals surface area (Å²) >= 11 is 0. The van der Waals surface area contributed by atoms with E-state index < -0.39 is 0 Å². The number of hydrogen-bond donors (Lipinski definition) is 1. The van der Waals surface area contributed by atoms with Gasteiger partial charge in [-0.3, -0.25) is 14.5 Å². The minimum absolute atomic E-state index is 0.0231. The maximum atomic E-state index is 12.2. The average molecular weight is 266 g/mol. The van der Waals surface area contributed by atoms with Crippen LogP contribution in [0.2, 0.25) is 0 Å². The van der Waals surface area contributed by atoms with Gasteiger partial charge in [0.05, 0.1) is 11.8 Å². The maximum absolute atomic E-state index is 12.2. The standard InChI is InChI=1S/C15H26N2O2/c1-10-7-11-12(8-10)14(19)17(13(11)18)6-4-5-15(2,3)9-16/h10-12H,4-9,16H2,1-3H3. The van der Waals surface area contributed by atoms with Crippen molar-refractivity contribution in [2.24, 2.45) is 28.9 Å². The van der Waals surface area contributed by atoms with E-state index >= 15 is 0 Å². The van der Waals surface area contributed by atoms with Gasteiger partial charge in [-0.1, -0.05) is 20.8 Å². The van der Waals surface area contributed by atoms with Crippen LogP contribution < -0.4 is 5.73 Å². The molecule has 2 aliphatic rings. The van der Waals surface area contributed by atoms with Gasteiger partial charge in [-0.05, 0) is 43.6 Å². The first-order valence-corrected chi connectivity index (χ1v) is 7.41. The van der Waals surface area contributed by atoms with Gasteiger partial charge >= 0.3 is 0 Å². The summed E-state index contributed by atoms with van der Waals surface area (Å²) in [4.78, 5) is 26.0. The van der Waals surface area contributed by atoms with Gasteiger partial charge in [0.15, 0.2) is 0 Å². The van der Waals surface area contributed by atoms with Gasteiger partial charge in [-0.25, -0.2) is 0 Å². The second-order valence-corrected chi connectivity index (χ2v) is 7.09. The Kier molecular flexibility index (Phi) is 4.00. The molecule has 2 rings (SSSR count). The summed E-state index contributed by atoms with van der Waals surface area (Å²) in [5.41, 5.74) is 5.79. The first-order valence-electron chi connectivity index (χ1n) is 7.41. The topological polar surface area (TPSA) is 63.4 Å². The fraction of sp³-hybridized carbons (Fsp3) is 0.867. The highest BCUT2D eigenvalue weighted by Gasteiger charge is 2.51. The lowest BCUT2D eigenvalue weighted by Crippen LogP contribution is -2.34. The monoisotopic (exact) mass is 266 g/mol. The molecule has 4 heteroatoms. The van der Waals surface area contributed by atoms with Crippen molar-refractivity contribution in [1.29, 1.82) is 0 Å². The molecule has 0 aromatic rings. The number of imide groups is 1. The molecule has 19 heavy (non-hydrogen) atoms. The fourth-order valence-corrected chi connectivity index (χ4v) is 3.38. The van der Waals surface area contributed by atoms with Crippen molar-refractivity contribution < 1.29 is 9.59 Å².